The summed E-state index contributed by atoms with van der Waals surface area (Å²) in [5.41, 5.74) is 6.28. The molecule has 2 saturated heterocycles. The van der Waals surface area contributed by atoms with Gasteiger partial charge in [0.1, 0.15) is 11.4 Å². The largest absolute Gasteiger partial charge is 0.444 e. The molecular formula is C23H34N8O3. The monoisotopic (exact) mass is 470 g/mol. The minimum absolute atomic E-state index is 0.211. The molecule has 2 fully saturated rings. The number of anilines is 3. The van der Waals surface area contributed by atoms with E-state index in [9.17, 15) is 4.79 Å². The van der Waals surface area contributed by atoms with Gasteiger partial charge in [-0.15, -0.1) is 0 Å². The predicted octanol–water partition coefficient (Wildman–Crippen LogP) is 2.55. The summed E-state index contributed by atoms with van der Waals surface area (Å²) >= 11 is 0. The minimum atomic E-state index is -0.530. The van der Waals surface area contributed by atoms with Crippen LogP contribution >= 0.6 is 0 Å². The van der Waals surface area contributed by atoms with Gasteiger partial charge in [0.25, 0.3) is 0 Å². The zero-order chi connectivity index (χ0) is 24.3. The maximum absolute atomic E-state index is 12.7. The number of morpholine rings is 1. The SMILES string of the molecule is CCC1(Nc2cc(-c3cnc(N)nc3)nc(N3CCOCC3)n2)CCN(C(=O)OC(C)(C)C)C1. The second-order valence-corrected chi connectivity index (χ2v) is 9.78. The number of nitrogen functional groups attached to an aromatic ring is 1. The van der Waals surface area contributed by atoms with E-state index in [0.717, 1.165) is 18.4 Å². The zero-order valence-corrected chi connectivity index (χ0v) is 20.4. The van der Waals surface area contributed by atoms with Crippen LogP contribution in [0.1, 0.15) is 40.5 Å². The van der Waals surface area contributed by atoms with Gasteiger partial charge in [-0.3, -0.25) is 0 Å². The van der Waals surface area contributed by atoms with Gasteiger partial charge >= 0.3 is 6.09 Å². The molecular weight excluding hydrogens is 436 g/mol. The van der Waals surface area contributed by atoms with Crippen LogP contribution in [0.25, 0.3) is 11.3 Å². The number of carbonyl (C=O) groups excluding carboxylic acids is 1. The van der Waals surface area contributed by atoms with Gasteiger partial charge in [-0.25, -0.2) is 19.7 Å². The second-order valence-electron chi connectivity index (χ2n) is 9.78. The summed E-state index contributed by atoms with van der Waals surface area (Å²) in [5.74, 6) is 1.52. The molecule has 1 amide bonds. The van der Waals surface area contributed by atoms with Crippen molar-refractivity contribution in [3.05, 3.63) is 18.5 Å². The maximum Gasteiger partial charge on any atom is 0.410 e. The molecule has 2 aliphatic rings. The van der Waals surface area contributed by atoms with Gasteiger partial charge in [0, 0.05) is 50.2 Å². The van der Waals surface area contributed by atoms with E-state index in [-0.39, 0.29) is 17.6 Å². The predicted molar refractivity (Wildman–Crippen MR) is 130 cm³/mol. The fraction of sp³-hybridized carbons (Fsp3) is 0.609. The summed E-state index contributed by atoms with van der Waals surface area (Å²) in [6.45, 7) is 11.6. The van der Waals surface area contributed by atoms with E-state index in [0.29, 0.717) is 56.9 Å². The molecule has 184 valence electrons. The highest BCUT2D eigenvalue weighted by atomic mass is 16.6. The van der Waals surface area contributed by atoms with Crippen molar-refractivity contribution in [2.24, 2.45) is 0 Å². The Labute approximate surface area is 200 Å². The molecule has 34 heavy (non-hydrogen) atoms. The number of nitrogens with zero attached hydrogens (tertiary/aromatic N) is 6. The first kappa shape index (κ1) is 23.9. The highest BCUT2D eigenvalue weighted by Crippen LogP contribution is 2.32. The molecule has 0 aromatic carbocycles. The lowest BCUT2D eigenvalue weighted by Gasteiger charge is -2.32. The van der Waals surface area contributed by atoms with Crippen molar-refractivity contribution in [2.75, 3.05) is 55.3 Å². The van der Waals surface area contributed by atoms with Gasteiger partial charge in [0.15, 0.2) is 0 Å². The molecule has 0 bridgehead atoms. The van der Waals surface area contributed by atoms with Crippen molar-refractivity contribution in [1.82, 2.24) is 24.8 Å². The van der Waals surface area contributed by atoms with Crippen LogP contribution in [0.2, 0.25) is 0 Å². The maximum atomic E-state index is 12.7. The van der Waals surface area contributed by atoms with Crippen LogP contribution in [0.15, 0.2) is 18.5 Å². The molecule has 3 N–H and O–H groups in total. The number of hydrogen-bond donors (Lipinski definition) is 2. The van der Waals surface area contributed by atoms with Crippen LogP contribution in [0.3, 0.4) is 0 Å². The molecule has 0 radical (unpaired) electrons. The third-order valence-corrected chi connectivity index (χ3v) is 6.05. The van der Waals surface area contributed by atoms with Crippen LogP contribution < -0.4 is 16.0 Å². The molecule has 2 aliphatic heterocycles. The van der Waals surface area contributed by atoms with Crippen LogP contribution in [-0.2, 0) is 9.47 Å². The Balaban J connectivity index is 1.61. The van der Waals surface area contributed by atoms with Crippen LogP contribution in [0, 0.1) is 0 Å². The lowest BCUT2D eigenvalue weighted by atomic mass is 9.95. The van der Waals surface area contributed by atoms with Gasteiger partial charge in [-0.1, -0.05) is 6.92 Å². The molecule has 11 heteroatoms. The Morgan fingerprint density at radius 2 is 1.91 bits per heavy atom. The van der Waals surface area contributed by atoms with Gasteiger partial charge in [0.05, 0.1) is 24.4 Å². The van der Waals surface area contributed by atoms with Gasteiger partial charge in [-0.2, -0.15) is 4.98 Å². The van der Waals surface area contributed by atoms with Crippen molar-refractivity contribution in [1.29, 1.82) is 0 Å². The third kappa shape index (κ3) is 5.64. The normalized spacial score (nSPS) is 20.9. The topological polar surface area (TPSA) is 132 Å². The fourth-order valence-electron chi connectivity index (χ4n) is 4.13. The quantitative estimate of drug-likeness (QED) is 0.672. The van der Waals surface area contributed by atoms with E-state index in [1.807, 2.05) is 26.8 Å². The number of ether oxygens (including phenoxy) is 2. The molecule has 1 atom stereocenters. The summed E-state index contributed by atoms with van der Waals surface area (Å²) in [6.07, 6.45) is 4.64. The lowest BCUT2D eigenvalue weighted by Crippen LogP contribution is -2.43. The van der Waals surface area contributed by atoms with E-state index in [2.05, 4.69) is 27.1 Å². The first-order valence-electron chi connectivity index (χ1n) is 11.7. The number of nitrogens with one attached hydrogen (secondary N) is 1. The summed E-state index contributed by atoms with van der Waals surface area (Å²) in [7, 11) is 0. The summed E-state index contributed by atoms with van der Waals surface area (Å²) < 4.78 is 11.1. The van der Waals surface area contributed by atoms with Crippen molar-refractivity contribution in [3.63, 3.8) is 0 Å². The average molecular weight is 471 g/mol. The van der Waals surface area contributed by atoms with Gasteiger partial charge in [-0.05, 0) is 33.6 Å². The number of rotatable bonds is 5. The van der Waals surface area contributed by atoms with Crippen molar-refractivity contribution < 1.29 is 14.3 Å². The first-order valence-corrected chi connectivity index (χ1v) is 11.7. The van der Waals surface area contributed by atoms with E-state index in [1.54, 1.807) is 17.3 Å². The van der Waals surface area contributed by atoms with Gasteiger partial charge < -0.3 is 30.3 Å². The smallest absolute Gasteiger partial charge is 0.410 e. The molecule has 0 spiro atoms. The standard InChI is InChI=1S/C23H34N8O3/c1-5-23(6-7-31(15-23)21(32)34-22(2,3)4)29-18-12-17(16-13-25-19(24)26-14-16)27-20(28-18)30-8-10-33-11-9-30/h12-14H,5-11,15H2,1-4H3,(H2,24,25,26)(H,27,28,29). The first-order chi connectivity index (χ1) is 16.2. The molecule has 11 nitrogen and oxygen atoms in total. The van der Waals surface area contributed by atoms with Gasteiger partial charge in [0.2, 0.25) is 11.9 Å². The Morgan fingerprint density at radius 3 is 2.56 bits per heavy atom. The summed E-state index contributed by atoms with van der Waals surface area (Å²) in [5, 5.41) is 3.63. The molecule has 0 aliphatic carbocycles. The Kier molecular flexibility index (Phi) is 6.74. The molecule has 4 heterocycles. The van der Waals surface area contributed by atoms with E-state index < -0.39 is 5.60 Å². The number of hydrogen-bond acceptors (Lipinski definition) is 10. The number of carbonyl (C=O) groups is 1. The molecule has 4 rings (SSSR count). The number of amides is 1. The van der Waals surface area contributed by atoms with Crippen molar-refractivity contribution >= 4 is 23.8 Å². The van der Waals surface area contributed by atoms with Crippen LogP contribution in [0.5, 0.6) is 0 Å². The number of likely N-dealkylation sites (tertiary alicyclic amines) is 1. The molecule has 0 saturated carbocycles. The van der Waals surface area contributed by atoms with Crippen LogP contribution in [0.4, 0.5) is 22.5 Å². The van der Waals surface area contributed by atoms with E-state index >= 15 is 0 Å². The highest BCUT2D eigenvalue weighted by Gasteiger charge is 2.40. The molecule has 2 aromatic heterocycles. The zero-order valence-electron chi connectivity index (χ0n) is 20.4. The van der Waals surface area contributed by atoms with E-state index in [1.165, 1.54) is 0 Å². The second kappa shape index (κ2) is 9.57. The Bertz CT molecular complexity index is 1000. The Hall–Kier alpha value is -3.21. The Morgan fingerprint density at radius 1 is 1.21 bits per heavy atom. The minimum Gasteiger partial charge on any atom is -0.444 e. The molecule has 1 unspecified atom stereocenters. The number of aromatic nitrogens is 4. The summed E-state index contributed by atoms with van der Waals surface area (Å²) in [4.78, 5) is 34.4. The third-order valence-electron chi connectivity index (χ3n) is 6.05. The van der Waals surface area contributed by atoms with E-state index in [4.69, 9.17) is 25.2 Å². The average Bonchev–Trinajstić information content (AvgIpc) is 3.23. The summed E-state index contributed by atoms with van der Waals surface area (Å²) in [6, 6.07) is 1.90. The number of nitrogens with two attached hydrogens (primary N) is 1. The van der Waals surface area contributed by atoms with Crippen molar-refractivity contribution in [2.45, 2.75) is 51.7 Å². The van der Waals surface area contributed by atoms with Crippen LogP contribution in [-0.4, -0.2) is 81.5 Å². The highest BCUT2D eigenvalue weighted by molar-refractivity contribution is 5.69. The molecule has 2 aromatic rings. The van der Waals surface area contributed by atoms with Crippen molar-refractivity contribution in [3.8, 4) is 11.3 Å². The lowest BCUT2D eigenvalue weighted by molar-refractivity contribution is 0.0286. The fourth-order valence-corrected chi connectivity index (χ4v) is 4.13.